The molecule has 0 aliphatic heterocycles. The van der Waals surface area contributed by atoms with Crippen LogP contribution >= 0.6 is 0 Å². The molecule has 1 fully saturated rings. The van der Waals surface area contributed by atoms with E-state index in [0.29, 0.717) is 6.42 Å². The van der Waals surface area contributed by atoms with Crippen molar-refractivity contribution in [3.05, 3.63) is 0 Å². The van der Waals surface area contributed by atoms with Crippen molar-refractivity contribution < 1.29 is 9.90 Å². The van der Waals surface area contributed by atoms with E-state index < -0.39 is 5.97 Å². The Morgan fingerprint density at radius 2 is 1.29 bits per heavy atom. The molecule has 1 unspecified atom stereocenters. The number of carbonyl (C=O) groups is 1. The molecule has 2 nitrogen and oxygen atoms in total. The van der Waals surface area contributed by atoms with Crippen molar-refractivity contribution in [2.75, 3.05) is 0 Å². The monoisotopic (exact) mass is 296 g/mol. The Kier molecular flexibility index (Phi) is 10.6. The van der Waals surface area contributed by atoms with Gasteiger partial charge in [-0.05, 0) is 24.7 Å². The summed E-state index contributed by atoms with van der Waals surface area (Å²) in [7, 11) is 0. The normalized spacial score (nSPS) is 20.6. The average molecular weight is 296 g/mol. The molecule has 21 heavy (non-hydrogen) atoms. The van der Waals surface area contributed by atoms with Gasteiger partial charge in [-0.3, -0.25) is 4.79 Å². The fourth-order valence-electron chi connectivity index (χ4n) is 3.42. The number of rotatable bonds is 15. The van der Waals surface area contributed by atoms with Crippen LogP contribution < -0.4 is 0 Å². The molecule has 1 aliphatic rings. The Balaban J connectivity index is 1.75. The van der Waals surface area contributed by atoms with E-state index in [9.17, 15) is 4.79 Å². The maximum Gasteiger partial charge on any atom is 0.303 e. The molecule has 0 spiro atoms. The van der Waals surface area contributed by atoms with Crippen molar-refractivity contribution >= 4 is 5.97 Å². The molecule has 0 saturated heterocycles. The van der Waals surface area contributed by atoms with E-state index in [4.69, 9.17) is 5.11 Å². The minimum atomic E-state index is -0.649. The minimum Gasteiger partial charge on any atom is -0.481 e. The van der Waals surface area contributed by atoms with Gasteiger partial charge >= 0.3 is 5.97 Å². The number of aliphatic carboxylic acids is 1. The van der Waals surface area contributed by atoms with E-state index in [2.05, 4.69) is 6.92 Å². The van der Waals surface area contributed by atoms with Crippen molar-refractivity contribution in [3.8, 4) is 0 Å². The summed E-state index contributed by atoms with van der Waals surface area (Å²) in [6, 6.07) is 0. The lowest BCUT2D eigenvalue weighted by molar-refractivity contribution is -0.137. The molecule has 0 aromatic heterocycles. The molecule has 0 aromatic rings. The van der Waals surface area contributed by atoms with Crippen LogP contribution in [-0.2, 0) is 4.79 Å². The Labute approximate surface area is 131 Å². The van der Waals surface area contributed by atoms with E-state index in [0.717, 1.165) is 24.7 Å². The lowest BCUT2D eigenvalue weighted by atomic mass is 10.0. The first-order chi connectivity index (χ1) is 10.2. The third-order valence-corrected chi connectivity index (χ3v) is 4.96. The van der Waals surface area contributed by atoms with Gasteiger partial charge < -0.3 is 5.11 Å². The van der Waals surface area contributed by atoms with Gasteiger partial charge in [0.15, 0.2) is 0 Å². The Morgan fingerprint density at radius 3 is 1.81 bits per heavy atom. The van der Waals surface area contributed by atoms with Gasteiger partial charge in [-0.25, -0.2) is 0 Å². The highest BCUT2D eigenvalue weighted by Gasteiger charge is 2.34. The number of carboxylic acid groups (broad SMARTS) is 1. The fraction of sp³-hybridized carbons (Fsp3) is 0.947. The molecule has 1 N–H and O–H groups in total. The van der Waals surface area contributed by atoms with E-state index in [1.807, 2.05) is 0 Å². The molecule has 0 radical (unpaired) electrons. The summed E-state index contributed by atoms with van der Waals surface area (Å²) in [6.45, 7) is 2.28. The molecule has 0 aromatic carbocycles. The van der Waals surface area contributed by atoms with Gasteiger partial charge in [0.2, 0.25) is 0 Å². The van der Waals surface area contributed by atoms with Crippen LogP contribution in [0.5, 0.6) is 0 Å². The van der Waals surface area contributed by atoms with Gasteiger partial charge in [0.1, 0.15) is 0 Å². The second kappa shape index (κ2) is 12.1. The van der Waals surface area contributed by atoms with Crippen LogP contribution in [0.3, 0.4) is 0 Å². The summed E-state index contributed by atoms with van der Waals surface area (Å²) in [5.41, 5.74) is 0. The third kappa shape index (κ3) is 10.8. The van der Waals surface area contributed by atoms with Crippen molar-refractivity contribution in [2.24, 2.45) is 11.8 Å². The number of hydrogen-bond donors (Lipinski definition) is 1. The van der Waals surface area contributed by atoms with Crippen molar-refractivity contribution in [2.45, 2.75) is 103 Å². The van der Waals surface area contributed by atoms with Gasteiger partial charge in [-0.1, -0.05) is 84.0 Å². The highest BCUT2D eigenvalue weighted by atomic mass is 16.4. The van der Waals surface area contributed by atoms with Crippen LogP contribution in [0.25, 0.3) is 0 Å². The maximum absolute atomic E-state index is 10.4. The molecule has 0 heterocycles. The quantitative estimate of drug-likeness (QED) is 0.366. The van der Waals surface area contributed by atoms with Crippen molar-refractivity contribution in [1.29, 1.82) is 0 Å². The van der Waals surface area contributed by atoms with Gasteiger partial charge in [0.25, 0.3) is 0 Å². The highest BCUT2D eigenvalue weighted by Crippen LogP contribution is 2.45. The Morgan fingerprint density at radius 1 is 0.810 bits per heavy atom. The van der Waals surface area contributed by atoms with Crippen LogP contribution in [0.1, 0.15) is 103 Å². The smallest absolute Gasteiger partial charge is 0.303 e. The predicted molar refractivity (Wildman–Crippen MR) is 89.5 cm³/mol. The summed E-state index contributed by atoms with van der Waals surface area (Å²) in [6.07, 6.45) is 19.1. The molecule has 0 bridgehead atoms. The van der Waals surface area contributed by atoms with Gasteiger partial charge in [-0.2, -0.15) is 0 Å². The lowest BCUT2D eigenvalue weighted by Gasteiger charge is -2.02. The van der Waals surface area contributed by atoms with Crippen molar-refractivity contribution in [3.63, 3.8) is 0 Å². The topological polar surface area (TPSA) is 37.3 Å². The molecular weight excluding hydrogens is 260 g/mol. The SMILES string of the molecule is CCCCCCC1C[C@H]1CCCCCCCCCC(=O)O. The lowest BCUT2D eigenvalue weighted by Crippen LogP contribution is -1.93. The predicted octanol–water partition coefficient (Wildman–Crippen LogP) is 6.19. The van der Waals surface area contributed by atoms with Gasteiger partial charge in [0, 0.05) is 6.42 Å². The van der Waals surface area contributed by atoms with Crippen LogP contribution in [0.15, 0.2) is 0 Å². The van der Waals surface area contributed by atoms with Gasteiger partial charge in [0.05, 0.1) is 0 Å². The molecule has 2 atom stereocenters. The van der Waals surface area contributed by atoms with Crippen LogP contribution in [0.4, 0.5) is 0 Å². The summed E-state index contributed by atoms with van der Waals surface area (Å²) in [4.78, 5) is 10.4. The highest BCUT2D eigenvalue weighted by molar-refractivity contribution is 5.66. The average Bonchev–Trinajstić information content (AvgIpc) is 3.20. The molecule has 2 heteroatoms. The summed E-state index contributed by atoms with van der Waals surface area (Å²) >= 11 is 0. The Bertz CT molecular complexity index is 262. The zero-order valence-electron chi connectivity index (χ0n) is 14.1. The molecule has 1 saturated carbocycles. The first-order valence-corrected chi connectivity index (χ1v) is 9.45. The molecule has 124 valence electrons. The van der Waals surface area contributed by atoms with E-state index in [-0.39, 0.29) is 0 Å². The van der Waals surface area contributed by atoms with Crippen LogP contribution in [0, 0.1) is 11.8 Å². The molecule has 0 amide bonds. The van der Waals surface area contributed by atoms with Crippen LogP contribution in [0.2, 0.25) is 0 Å². The van der Waals surface area contributed by atoms with E-state index in [1.165, 1.54) is 77.0 Å². The van der Waals surface area contributed by atoms with Crippen molar-refractivity contribution in [1.82, 2.24) is 0 Å². The largest absolute Gasteiger partial charge is 0.481 e. The first-order valence-electron chi connectivity index (χ1n) is 9.45. The second-order valence-electron chi connectivity index (χ2n) is 7.01. The van der Waals surface area contributed by atoms with Crippen LogP contribution in [-0.4, -0.2) is 11.1 Å². The maximum atomic E-state index is 10.4. The zero-order chi connectivity index (χ0) is 15.3. The number of hydrogen-bond acceptors (Lipinski definition) is 1. The van der Waals surface area contributed by atoms with E-state index in [1.54, 1.807) is 0 Å². The summed E-state index contributed by atoms with van der Waals surface area (Å²) in [5, 5.41) is 8.55. The first kappa shape index (κ1) is 18.5. The number of unbranched alkanes of at least 4 members (excludes halogenated alkanes) is 9. The van der Waals surface area contributed by atoms with Gasteiger partial charge in [-0.15, -0.1) is 0 Å². The minimum absolute atomic E-state index is 0.349. The number of carboxylic acids is 1. The zero-order valence-corrected chi connectivity index (χ0v) is 14.1. The second-order valence-corrected chi connectivity index (χ2v) is 7.01. The summed E-state index contributed by atoms with van der Waals surface area (Å²) in [5.74, 6) is 1.50. The van der Waals surface area contributed by atoms with E-state index >= 15 is 0 Å². The fourth-order valence-corrected chi connectivity index (χ4v) is 3.42. The standard InChI is InChI=1S/C19H36O2/c1-2-3-4-10-13-17-16-18(17)14-11-8-6-5-7-9-12-15-19(20)21/h17-18H,2-16H2,1H3,(H,20,21)/t17?,18-/m1/s1. The molecule has 1 rings (SSSR count). The third-order valence-electron chi connectivity index (χ3n) is 4.96. The molecular formula is C19H36O2. The summed E-state index contributed by atoms with van der Waals surface area (Å²) < 4.78 is 0. The Hall–Kier alpha value is -0.530. The molecule has 1 aliphatic carbocycles.